The molecule has 0 bridgehead atoms. The van der Waals surface area contributed by atoms with Gasteiger partial charge in [0.05, 0.1) is 0 Å². The number of rotatable bonds is 3. The van der Waals surface area contributed by atoms with E-state index in [2.05, 4.69) is 91.0 Å². The third-order valence-electron chi connectivity index (χ3n) is 3.04. The van der Waals surface area contributed by atoms with E-state index in [-0.39, 0.29) is 62.3 Å². The molecule has 173 valence electrons. The summed E-state index contributed by atoms with van der Waals surface area (Å²) >= 11 is 0. The fourth-order valence-corrected chi connectivity index (χ4v) is 4.48. The standard InChI is InChI=1S/C18H15P.2C2H4O2.2ClH.Cu.Pd/c1-4-10-16(11-5-1)19(17-12-6-2-7-13-17)18-14-8-3-9-15-18;2*1-2(3)4;;;;/h1-15H;2*1H3,(H,3,4);2*1H;;/q;;;;;2*+2/p-4. The zero-order valence-corrected chi connectivity index (χ0v) is 21.5. The van der Waals surface area contributed by atoms with E-state index in [4.69, 9.17) is 19.8 Å². The molecule has 3 aromatic carbocycles. The van der Waals surface area contributed by atoms with Crippen molar-refractivity contribution < 1.29 is 82.1 Å². The molecule has 1 radical (unpaired) electrons. The molecule has 0 N–H and O–H groups in total. The van der Waals surface area contributed by atoms with Crippen molar-refractivity contribution in [3.63, 3.8) is 0 Å². The van der Waals surface area contributed by atoms with E-state index in [0.717, 1.165) is 13.8 Å². The van der Waals surface area contributed by atoms with Crippen molar-refractivity contribution in [2.45, 2.75) is 13.8 Å². The molecule has 0 saturated carbocycles. The molecule has 9 heteroatoms. The maximum Gasteiger partial charge on any atom is 2.00 e. The van der Waals surface area contributed by atoms with Gasteiger partial charge in [-0.05, 0) is 37.7 Å². The number of benzene rings is 3. The van der Waals surface area contributed by atoms with Crippen LogP contribution in [0.25, 0.3) is 0 Å². The van der Waals surface area contributed by atoms with E-state index in [1.54, 1.807) is 0 Å². The Morgan fingerprint density at radius 3 is 0.903 bits per heavy atom. The Balaban J connectivity index is -0.000000266. The van der Waals surface area contributed by atoms with Gasteiger partial charge < -0.3 is 44.6 Å². The van der Waals surface area contributed by atoms with Crippen molar-refractivity contribution in [1.29, 1.82) is 0 Å². The minimum atomic E-state index is -1.08. The molecule has 4 nitrogen and oxygen atoms in total. The molecule has 0 fully saturated rings. The fraction of sp³-hybridized carbons (Fsp3) is 0.0909. The first kappa shape index (κ1) is 37.1. The molecular weight excluding hydrogens is 600 g/mol. The largest absolute Gasteiger partial charge is 2.00 e. The summed E-state index contributed by atoms with van der Waals surface area (Å²) in [6, 6.07) is 32.3. The second kappa shape index (κ2) is 22.0. The van der Waals surface area contributed by atoms with Crippen LogP contribution in [0.1, 0.15) is 13.8 Å². The van der Waals surface area contributed by atoms with Crippen LogP contribution in [0.5, 0.6) is 0 Å². The van der Waals surface area contributed by atoms with Crippen LogP contribution in [0.4, 0.5) is 0 Å². The third kappa shape index (κ3) is 17.1. The summed E-state index contributed by atoms with van der Waals surface area (Å²) in [6.45, 7) is 1.94. The third-order valence-corrected chi connectivity index (χ3v) is 5.49. The summed E-state index contributed by atoms with van der Waals surface area (Å²) in [6.07, 6.45) is 0. The van der Waals surface area contributed by atoms with Gasteiger partial charge in [-0.2, -0.15) is 0 Å². The van der Waals surface area contributed by atoms with Gasteiger partial charge in [-0.1, -0.05) is 91.0 Å². The molecule has 0 spiro atoms. The predicted molar refractivity (Wildman–Crippen MR) is 107 cm³/mol. The number of carbonyl (C=O) groups excluding carboxylic acids is 2. The average Bonchev–Trinajstić information content (AvgIpc) is 2.64. The van der Waals surface area contributed by atoms with Gasteiger partial charge in [0.25, 0.3) is 0 Å². The molecule has 0 atom stereocenters. The number of carboxylic acid groups (broad SMARTS) is 2. The smallest absolute Gasteiger partial charge is 1.00 e. The average molecular weight is 621 g/mol. The summed E-state index contributed by atoms with van der Waals surface area (Å²) in [5.74, 6) is -2.17. The molecule has 0 amide bonds. The van der Waals surface area contributed by atoms with Crippen molar-refractivity contribution in [2.75, 3.05) is 0 Å². The monoisotopic (exact) mass is 619 g/mol. The van der Waals surface area contributed by atoms with Gasteiger partial charge >= 0.3 is 37.5 Å². The summed E-state index contributed by atoms with van der Waals surface area (Å²) in [4.78, 5) is 17.8. The predicted octanol–water partition coefficient (Wildman–Crippen LogP) is -5.04. The molecule has 0 unspecified atom stereocenters. The Hall–Kier alpha value is -1.21. The number of aliphatic carboxylic acids is 2. The van der Waals surface area contributed by atoms with Gasteiger partial charge in [-0.15, -0.1) is 0 Å². The second-order valence-corrected chi connectivity index (χ2v) is 7.55. The molecule has 0 aliphatic heterocycles. The van der Waals surface area contributed by atoms with Crippen molar-refractivity contribution in [3.8, 4) is 0 Å². The number of hydrogen-bond donors (Lipinski definition) is 0. The SMILES string of the molecule is CC(=O)[O-].CC(=O)[O-].[Cl-].[Cl-].[Cu+2].[Pd+2].c1ccc(P(c2ccccc2)c2ccccc2)cc1. The number of carboxylic acids is 2. The van der Waals surface area contributed by atoms with Crippen LogP contribution in [0.2, 0.25) is 0 Å². The van der Waals surface area contributed by atoms with Crippen LogP contribution in [-0.2, 0) is 47.1 Å². The van der Waals surface area contributed by atoms with Crippen LogP contribution in [-0.4, -0.2) is 11.9 Å². The Bertz CT molecular complexity index is 715. The fourth-order valence-electron chi connectivity index (χ4n) is 2.18. The van der Waals surface area contributed by atoms with E-state index in [1.807, 2.05) is 0 Å². The van der Waals surface area contributed by atoms with Gasteiger partial charge in [0, 0.05) is 11.9 Å². The minimum absolute atomic E-state index is 0. The molecule has 0 aliphatic carbocycles. The summed E-state index contributed by atoms with van der Waals surface area (Å²) in [7, 11) is -0.446. The van der Waals surface area contributed by atoms with E-state index in [0.29, 0.717) is 0 Å². The minimum Gasteiger partial charge on any atom is -1.00 e. The first-order valence-electron chi connectivity index (χ1n) is 8.22. The molecule has 3 rings (SSSR count). The zero-order valence-electron chi connectivity index (χ0n) is 16.6. The quantitative estimate of drug-likeness (QED) is 0.217. The van der Waals surface area contributed by atoms with Gasteiger partial charge in [0.1, 0.15) is 0 Å². The number of hydrogen-bond acceptors (Lipinski definition) is 4. The van der Waals surface area contributed by atoms with Crippen molar-refractivity contribution in [1.82, 2.24) is 0 Å². The van der Waals surface area contributed by atoms with Crippen molar-refractivity contribution in [3.05, 3.63) is 91.0 Å². The molecule has 0 aromatic heterocycles. The summed E-state index contributed by atoms with van der Waals surface area (Å²) < 4.78 is 0. The normalized spacial score (nSPS) is 8.10. The van der Waals surface area contributed by atoms with Crippen LogP contribution >= 0.6 is 7.92 Å². The molecule has 0 heterocycles. The Labute approximate surface area is 221 Å². The topological polar surface area (TPSA) is 80.3 Å². The van der Waals surface area contributed by atoms with E-state index < -0.39 is 19.9 Å². The van der Waals surface area contributed by atoms with E-state index in [9.17, 15) is 0 Å². The van der Waals surface area contributed by atoms with Crippen molar-refractivity contribution in [2.24, 2.45) is 0 Å². The molecule has 31 heavy (non-hydrogen) atoms. The van der Waals surface area contributed by atoms with Crippen LogP contribution in [0.15, 0.2) is 91.0 Å². The first-order chi connectivity index (χ1) is 12.9. The van der Waals surface area contributed by atoms with Crippen molar-refractivity contribution >= 4 is 35.8 Å². The Morgan fingerprint density at radius 2 is 0.742 bits per heavy atom. The van der Waals surface area contributed by atoms with E-state index in [1.165, 1.54) is 15.9 Å². The maximum atomic E-state index is 8.89. The number of halogens is 2. The maximum absolute atomic E-state index is 8.89. The molecule has 3 aromatic rings. The second-order valence-electron chi connectivity index (χ2n) is 5.33. The van der Waals surface area contributed by atoms with Crippen LogP contribution < -0.4 is 50.9 Å². The Morgan fingerprint density at radius 1 is 0.581 bits per heavy atom. The summed E-state index contributed by atoms with van der Waals surface area (Å²) in [5, 5.41) is 22.0. The number of carbonyl (C=O) groups is 2. The Kier molecular flexibility index (Phi) is 26.4. The zero-order chi connectivity index (χ0) is 20.1. The van der Waals surface area contributed by atoms with Gasteiger partial charge in [-0.25, -0.2) is 0 Å². The van der Waals surface area contributed by atoms with Gasteiger partial charge in [0.15, 0.2) is 0 Å². The molecular formula is C22H21Cl2CuO4PPd. The van der Waals surface area contributed by atoms with Gasteiger partial charge in [0.2, 0.25) is 0 Å². The van der Waals surface area contributed by atoms with Gasteiger partial charge in [-0.3, -0.25) is 0 Å². The van der Waals surface area contributed by atoms with E-state index >= 15 is 0 Å². The van der Waals surface area contributed by atoms with Crippen LogP contribution in [0.3, 0.4) is 0 Å². The molecule has 0 aliphatic rings. The van der Waals surface area contributed by atoms with Crippen LogP contribution in [0, 0.1) is 0 Å². The molecule has 0 saturated heterocycles. The summed E-state index contributed by atoms with van der Waals surface area (Å²) in [5.41, 5.74) is 0. The first-order valence-corrected chi connectivity index (χ1v) is 9.56.